The third kappa shape index (κ3) is 2.97. The van der Waals surface area contributed by atoms with Gasteiger partial charge in [-0.15, -0.1) is 0 Å². The van der Waals surface area contributed by atoms with Gasteiger partial charge in [-0.1, -0.05) is 18.2 Å². The lowest BCUT2D eigenvalue weighted by molar-refractivity contribution is -0.129. The molecular weight excluding hydrogens is 314 g/mol. The van der Waals surface area contributed by atoms with Gasteiger partial charge >= 0.3 is 0 Å². The number of rotatable bonds is 3. The Morgan fingerprint density at radius 3 is 2.92 bits per heavy atom. The molecule has 5 nitrogen and oxygen atoms in total. The van der Waals surface area contributed by atoms with E-state index in [-0.39, 0.29) is 18.6 Å². The minimum atomic E-state index is -0.0178. The first-order valence-corrected chi connectivity index (χ1v) is 9.22. The number of aliphatic hydroxyl groups is 1. The highest BCUT2D eigenvalue weighted by Gasteiger charge is 2.32. The average molecular weight is 339 g/mol. The van der Waals surface area contributed by atoms with Crippen LogP contribution in [0.3, 0.4) is 0 Å². The maximum Gasteiger partial charge on any atom is 0.222 e. The van der Waals surface area contributed by atoms with Crippen molar-refractivity contribution in [1.82, 2.24) is 9.88 Å². The number of nitrogens with zero attached hydrogens (tertiary/aromatic N) is 3. The van der Waals surface area contributed by atoms with E-state index in [4.69, 9.17) is 4.98 Å². The molecule has 1 N–H and O–H groups in total. The molecule has 25 heavy (non-hydrogen) atoms. The van der Waals surface area contributed by atoms with Crippen LogP contribution in [0.25, 0.3) is 10.9 Å². The van der Waals surface area contributed by atoms with E-state index in [0.717, 1.165) is 66.7 Å². The molecule has 0 bridgehead atoms. The summed E-state index contributed by atoms with van der Waals surface area (Å²) in [6.45, 7) is 4.67. The van der Waals surface area contributed by atoms with Crippen LogP contribution in [0.15, 0.2) is 24.3 Å². The molecular formula is C20H25N3O2. The molecule has 5 heteroatoms. The second kappa shape index (κ2) is 6.64. The summed E-state index contributed by atoms with van der Waals surface area (Å²) in [5.74, 6) is 1.16. The maximum absolute atomic E-state index is 12.1. The van der Waals surface area contributed by atoms with Crippen molar-refractivity contribution < 1.29 is 9.90 Å². The Morgan fingerprint density at radius 1 is 1.28 bits per heavy atom. The molecule has 2 aliphatic rings. The highest BCUT2D eigenvalue weighted by atomic mass is 16.3. The zero-order valence-corrected chi connectivity index (χ0v) is 14.7. The highest BCUT2D eigenvalue weighted by Crippen LogP contribution is 2.29. The lowest BCUT2D eigenvalue weighted by Crippen LogP contribution is -2.49. The van der Waals surface area contributed by atoms with Gasteiger partial charge in [0.15, 0.2) is 0 Å². The number of aliphatic hydroxyl groups excluding tert-OH is 1. The smallest absolute Gasteiger partial charge is 0.222 e. The van der Waals surface area contributed by atoms with Crippen molar-refractivity contribution in [3.8, 4) is 0 Å². The molecule has 1 atom stereocenters. The summed E-state index contributed by atoms with van der Waals surface area (Å²) in [5, 5.41) is 10.9. The van der Waals surface area contributed by atoms with E-state index < -0.39 is 0 Å². The fourth-order valence-electron chi connectivity index (χ4n) is 4.23. The number of anilines is 1. The summed E-state index contributed by atoms with van der Waals surface area (Å²) >= 11 is 0. The zero-order chi connectivity index (χ0) is 17.4. The van der Waals surface area contributed by atoms with Crippen LogP contribution in [0, 0.1) is 6.92 Å². The van der Waals surface area contributed by atoms with E-state index in [2.05, 4.69) is 28.9 Å². The van der Waals surface area contributed by atoms with E-state index in [1.165, 1.54) is 0 Å². The second-order valence-electron chi connectivity index (χ2n) is 7.21. The molecule has 1 aromatic heterocycles. The van der Waals surface area contributed by atoms with Crippen molar-refractivity contribution in [3.63, 3.8) is 0 Å². The zero-order valence-electron chi connectivity index (χ0n) is 14.7. The first kappa shape index (κ1) is 16.3. The number of carbonyl (C=O) groups excluding carboxylic acids is 1. The van der Waals surface area contributed by atoms with Gasteiger partial charge in [0.2, 0.25) is 5.91 Å². The van der Waals surface area contributed by atoms with E-state index in [9.17, 15) is 9.90 Å². The van der Waals surface area contributed by atoms with Crippen molar-refractivity contribution >= 4 is 22.6 Å². The Hall–Kier alpha value is -2.14. The van der Waals surface area contributed by atoms with Crippen LogP contribution in [0.4, 0.5) is 5.82 Å². The summed E-state index contributed by atoms with van der Waals surface area (Å²) in [6, 6.07) is 8.45. The summed E-state index contributed by atoms with van der Waals surface area (Å²) in [5.41, 5.74) is 3.01. The average Bonchev–Trinajstić information content (AvgIpc) is 3.07. The molecule has 3 heterocycles. The summed E-state index contributed by atoms with van der Waals surface area (Å²) < 4.78 is 0. The Bertz CT molecular complexity index is 805. The lowest BCUT2D eigenvalue weighted by Gasteiger charge is -2.39. The van der Waals surface area contributed by atoms with Crippen molar-refractivity contribution in [2.24, 2.45) is 0 Å². The van der Waals surface area contributed by atoms with Crippen LogP contribution in [0.5, 0.6) is 0 Å². The number of likely N-dealkylation sites (tertiary alicyclic amines) is 1. The van der Waals surface area contributed by atoms with Gasteiger partial charge in [0.1, 0.15) is 5.82 Å². The quantitative estimate of drug-likeness (QED) is 0.934. The Kier molecular flexibility index (Phi) is 4.34. The van der Waals surface area contributed by atoms with Gasteiger partial charge in [0.05, 0.1) is 12.1 Å². The minimum absolute atomic E-state index is 0.0178. The van der Waals surface area contributed by atoms with Crippen molar-refractivity contribution in [3.05, 3.63) is 35.4 Å². The predicted octanol–water partition coefficient (Wildman–Crippen LogP) is 2.63. The van der Waals surface area contributed by atoms with Gasteiger partial charge in [0, 0.05) is 43.0 Å². The predicted molar refractivity (Wildman–Crippen MR) is 98.6 cm³/mol. The first-order valence-electron chi connectivity index (χ1n) is 9.22. The fourth-order valence-corrected chi connectivity index (χ4v) is 4.23. The minimum Gasteiger partial charge on any atom is -0.392 e. The van der Waals surface area contributed by atoms with Crippen LogP contribution < -0.4 is 4.90 Å². The molecule has 0 aliphatic carbocycles. The molecule has 0 saturated carbocycles. The van der Waals surface area contributed by atoms with E-state index in [0.29, 0.717) is 6.42 Å². The van der Waals surface area contributed by atoms with Crippen LogP contribution in [-0.2, 0) is 11.4 Å². The second-order valence-corrected chi connectivity index (χ2v) is 7.21. The summed E-state index contributed by atoms with van der Waals surface area (Å²) in [4.78, 5) is 21.3. The molecule has 1 unspecified atom stereocenters. The van der Waals surface area contributed by atoms with E-state index in [1.54, 1.807) is 0 Å². The Morgan fingerprint density at radius 2 is 2.16 bits per heavy atom. The highest BCUT2D eigenvalue weighted by molar-refractivity contribution is 5.84. The Balaban J connectivity index is 1.68. The molecule has 4 rings (SSSR count). The van der Waals surface area contributed by atoms with E-state index >= 15 is 0 Å². The molecule has 2 aliphatic heterocycles. The third-order valence-corrected chi connectivity index (χ3v) is 5.52. The molecule has 1 aromatic carbocycles. The monoisotopic (exact) mass is 339 g/mol. The SMILES string of the molecule is Cc1cccc2cc(CO)c(N3CCCC(N4CCCC4=O)C3)nc12. The largest absolute Gasteiger partial charge is 0.392 e. The van der Waals surface area contributed by atoms with Crippen molar-refractivity contribution in [1.29, 1.82) is 0 Å². The number of hydrogen-bond donors (Lipinski definition) is 1. The summed E-state index contributed by atoms with van der Waals surface area (Å²) in [6.07, 6.45) is 3.77. The number of benzene rings is 1. The molecule has 2 saturated heterocycles. The Labute approximate surface area is 148 Å². The number of aromatic nitrogens is 1. The molecule has 2 fully saturated rings. The molecule has 0 spiro atoms. The number of para-hydroxylation sites is 1. The molecule has 1 amide bonds. The van der Waals surface area contributed by atoms with Gasteiger partial charge in [-0.2, -0.15) is 0 Å². The number of pyridine rings is 1. The van der Waals surface area contributed by atoms with Crippen molar-refractivity contribution in [2.45, 2.75) is 45.3 Å². The number of carbonyl (C=O) groups is 1. The standard InChI is InChI=1S/C20H25N3O2/c1-14-5-2-6-15-11-16(13-24)20(21-19(14)15)22-9-3-7-17(12-22)23-10-4-8-18(23)25/h2,5-6,11,17,24H,3-4,7-10,12-13H2,1H3. The number of aryl methyl sites for hydroxylation is 1. The van der Waals surface area contributed by atoms with Crippen LogP contribution in [-0.4, -0.2) is 46.6 Å². The topological polar surface area (TPSA) is 56.7 Å². The van der Waals surface area contributed by atoms with Crippen LogP contribution in [0.1, 0.15) is 36.8 Å². The summed E-state index contributed by atoms with van der Waals surface area (Å²) in [7, 11) is 0. The van der Waals surface area contributed by atoms with Gasteiger partial charge < -0.3 is 14.9 Å². The number of fused-ring (bicyclic) bond motifs is 1. The third-order valence-electron chi connectivity index (χ3n) is 5.52. The van der Waals surface area contributed by atoms with Crippen molar-refractivity contribution in [2.75, 3.05) is 24.5 Å². The van der Waals surface area contributed by atoms with E-state index in [1.807, 2.05) is 12.1 Å². The fraction of sp³-hybridized carbons (Fsp3) is 0.500. The van der Waals surface area contributed by atoms with Crippen LogP contribution >= 0.6 is 0 Å². The van der Waals surface area contributed by atoms with Gasteiger partial charge in [-0.25, -0.2) is 4.98 Å². The molecule has 2 aromatic rings. The maximum atomic E-state index is 12.1. The first-order chi connectivity index (χ1) is 12.2. The van der Waals surface area contributed by atoms with Gasteiger partial charge in [-0.3, -0.25) is 4.79 Å². The lowest BCUT2D eigenvalue weighted by atomic mass is 10.0. The number of piperidine rings is 1. The van der Waals surface area contributed by atoms with Crippen LogP contribution in [0.2, 0.25) is 0 Å². The molecule has 132 valence electrons. The normalized spacial score (nSPS) is 21.4. The van der Waals surface area contributed by atoms with Gasteiger partial charge in [-0.05, 0) is 37.8 Å². The van der Waals surface area contributed by atoms with Gasteiger partial charge in [0.25, 0.3) is 0 Å². The molecule has 0 radical (unpaired) electrons. The number of amides is 1. The number of hydrogen-bond acceptors (Lipinski definition) is 4.